The number of benzene rings is 1. The van der Waals surface area contributed by atoms with Gasteiger partial charge in [-0.1, -0.05) is 6.07 Å². The van der Waals surface area contributed by atoms with Crippen molar-refractivity contribution in [2.45, 2.75) is 20.8 Å². The highest BCUT2D eigenvalue weighted by Crippen LogP contribution is 2.24. The maximum absolute atomic E-state index is 8.94. The van der Waals surface area contributed by atoms with Gasteiger partial charge in [0.1, 0.15) is 17.5 Å². The second-order valence-corrected chi connectivity index (χ2v) is 4.40. The Hall–Kier alpha value is -2.61. The first-order valence-corrected chi connectivity index (χ1v) is 5.89. The number of aryl methyl sites for hydroxylation is 2. The summed E-state index contributed by atoms with van der Waals surface area (Å²) in [7, 11) is 0. The summed E-state index contributed by atoms with van der Waals surface area (Å²) in [5, 5.41) is 12.2. The number of hydrogen-bond donors (Lipinski definition) is 2. The molecule has 0 saturated heterocycles. The van der Waals surface area contributed by atoms with Crippen LogP contribution in [0.5, 0.6) is 0 Å². The molecule has 0 fully saturated rings. The molecule has 2 aromatic rings. The molecule has 0 bridgehead atoms. The van der Waals surface area contributed by atoms with Gasteiger partial charge in [0.15, 0.2) is 0 Å². The largest absolute Gasteiger partial charge is 0.383 e. The summed E-state index contributed by atoms with van der Waals surface area (Å²) >= 11 is 0. The van der Waals surface area contributed by atoms with Gasteiger partial charge < -0.3 is 11.1 Å². The summed E-state index contributed by atoms with van der Waals surface area (Å²) < 4.78 is 0. The lowest BCUT2D eigenvalue weighted by Gasteiger charge is -2.13. The third-order valence-corrected chi connectivity index (χ3v) is 2.92. The molecule has 0 aliphatic carbocycles. The number of hydrogen-bond acceptors (Lipinski definition) is 5. The van der Waals surface area contributed by atoms with Crippen molar-refractivity contribution >= 4 is 17.3 Å². The van der Waals surface area contributed by atoms with E-state index in [1.165, 1.54) is 0 Å². The van der Waals surface area contributed by atoms with Crippen LogP contribution in [0.3, 0.4) is 0 Å². The van der Waals surface area contributed by atoms with Crippen LogP contribution in [-0.4, -0.2) is 9.97 Å². The van der Waals surface area contributed by atoms with Crippen molar-refractivity contribution in [3.8, 4) is 6.07 Å². The molecule has 5 heteroatoms. The predicted molar refractivity (Wildman–Crippen MR) is 75.1 cm³/mol. The zero-order chi connectivity index (χ0) is 14.0. The minimum Gasteiger partial charge on any atom is -0.383 e. The van der Waals surface area contributed by atoms with Crippen LogP contribution in [0.2, 0.25) is 0 Å². The number of nitrogen functional groups attached to an aromatic ring is 1. The van der Waals surface area contributed by atoms with Crippen LogP contribution in [-0.2, 0) is 0 Å². The second kappa shape index (κ2) is 4.94. The van der Waals surface area contributed by atoms with Crippen molar-refractivity contribution < 1.29 is 0 Å². The third-order valence-electron chi connectivity index (χ3n) is 2.92. The molecule has 5 nitrogen and oxygen atoms in total. The van der Waals surface area contributed by atoms with Gasteiger partial charge in [0.05, 0.1) is 11.6 Å². The summed E-state index contributed by atoms with van der Waals surface area (Å²) in [6.07, 6.45) is 0. The van der Waals surface area contributed by atoms with Crippen molar-refractivity contribution in [1.82, 2.24) is 9.97 Å². The van der Waals surface area contributed by atoms with Crippen LogP contribution in [0, 0.1) is 32.1 Å². The average Bonchev–Trinajstić information content (AvgIpc) is 2.38. The van der Waals surface area contributed by atoms with Crippen LogP contribution < -0.4 is 11.1 Å². The summed E-state index contributed by atoms with van der Waals surface area (Å²) in [5.41, 5.74) is 9.11. The number of anilines is 3. The first-order chi connectivity index (χ1) is 9.01. The number of nitriles is 1. The van der Waals surface area contributed by atoms with E-state index in [-0.39, 0.29) is 0 Å². The van der Waals surface area contributed by atoms with Gasteiger partial charge in [0, 0.05) is 11.3 Å². The topological polar surface area (TPSA) is 87.6 Å². The van der Waals surface area contributed by atoms with Crippen molar-refractivity contribution in [3.05, 3.63) is 40.7 Å². The zero-order valence-corrected chi connectivity index (χ0v) is 11.2. The minimum atomic E-state index is 0.462. The number of nitrogens with zero attached hydrogens (tertiary/aromatic N) is 3. The molecule has 0 radical (unpaired) electrons. The Bertz CT molecular complexity index is 670. The van der Waals surface area contributed by atoms with Gasteiger partial charge >= 0.3 is 0 Å². The second-order valence-electron chi connectivity index (χ2n) is 4.40. The van der Waals surface area contributed by atoms with E-state index < -0.39 is 0 Å². The van der Waals surface area contributed by atoms with Gasteiger partial charge in [0.25, 0.3) is 0 Å². The normalized spacial score (nSPS) is 10.0. The number of nitrogens with one attached hydrogen (secondary N) is 1. The monoisotopic (exact) mass is 253 g/mol. The summed E-state index contributed by atoms with van der Waals surface area (Å²) in [6, 6.07) is 7.60. The van der Waals surface area contributed by atoms with Gasteiger partial charge in [-0.15, -0.1) is 0 Å². The van der Waals surface area contributed by atoms with Crippen molar-refractivity contribution in [1.29, 1.82) is 5.26 Å². The van der Waals surface area contributed by atoms with E-state index in [0.717, 1.165) is 16.8 Å². The van der Waals surface area contributed by atoms with Gasteiger partial charge in [-0.05, 0) is 38.5 Å². The Morgan fingerprint density at radius 2 is 1.95 bits per heavy atom. The fraction of sp³-hybridized carbons (Fsp3) is 0.214. The quantitative estimate of drug-likeness (QED) is 0.858. The standard InChI is InChI=1S/C14H15N5/c1-8-4-5-11(7-15)6-12(8)19-14-9(2)13(16)17-10(3)18-14/h4-6H,1-3H3,(H3,16,17,18,19). The first-order valence-electron chi connectivity index (χ1n) is 5.89. The minimum absolute atomic E-state index is 0.462. The molecular formula is C14H15N5. The molecule has 0 aliphatic rings. The molecule has 96 valence electrons. The lowest BCUT2D eigenvalue weighted by atomic mass is 10.1. The Labute approximate surface area is 112 Å². The highest BCUT2D eigenvalue weighted by atomic mass is 15.1. The van der Waals surface area contributed by atoms with E-state index in [1.807, 2.05) is 19.9 Å². The Balaban J connectivity index is 2.44. The molecule has 3 N–H and O–H groups in total. The summed E-state index contributed by atoms with van der Waals surface area (Å²) in [5.74, 6) is 1.74. The Morgan fingerprint density at radius 1 is 1.21 bits per heavy atom. The van der Waals surface area contributed by atoms with Crippen molar-refractivity contribution in [2.24, 2.45) is 0 Å². The van der Waals surface area contributed by atoms with Crippen LogP contribution in [0.25, 0.3) is 0 Å². The third kappa shape index (κ3) is 2.63. The highest BCUT2D eigenvalue weighted by Gasteiger charge is 2.08. The number of nitrogens with two attached hydrogens (primary N) is 1. The molecule has 19 heavy (non-hydrogen) atoms. The van der Waals surface area contributed by atoms with Crippen LogP contribution >= 0.6 is 0 Å². The van der Waals surface area contributed by atoms with E-state index in [2.05, 4.69) is 21.4 Å². The fourth-order valence-electron chi connectivity index (χ4n) is 1.73. The summed E-state index contributed by atoms with van der Waals surface area (Å²) in [6.45, 7) is 5.62. The van der Waals surface area contributed by atoms with Gasteiger partial charge in [-0.3, -0.25) is 0 Å². The first kappa shape index (κ1) is 12.8. The van der Waals surface area contributed by atoms with Gasteiger partial charge in [-0.25, -0.2) is 9.97 Å². The molecule has 1 heterocycles. The van der Waals surface area contributed by atoms with Crippen molar-refractivity contribution in [3.63, 3.8) is 0 Å². The molecule has 1 aromatic heterocycles. The molecule has 0 unspecified atom stereocenters. The molecular weight excluding hydrogens is 238 g/mol. The maximum Gasteiger partial charge on any atom is 0.139 e. The smallest absolute Gasteiger partial charge is 0.139 e. The van der Waals surface area contributed by atoms with Crippen LogP contribution in [0.15, 0.2) is 18.2 Å². The van der Waals surface area contributed by atoms with E-state index >= 15 is 0 Å². The van der Waals surface area contributed by atoms with E-state index in [9.17, 15) is 0 Å². The highest BCUT2D eigenvalue weighted by molar-refractivity contribution is 5.67. The maximum atomic E-state index is 8.94. The molecule has 1 aromatic carbocycles. The van der Waals surface area contributed by atoms with E-state index in [1.54, 1.807) is 19.1 Å². The van der Waals surface area contributed by atoms with Gasteiger partial charge in [-0.2, -0.15) is 5.26 Å². The lowest BCUT2D eigenvalue weighted by Crippen LogP contribution is -2.05. The van der Waals surface area contributed by atoms with Gasteiger partial charge in [0.2, 0.25) is 0 Å². The van der Waals surface area contributed by atoms with Crippen LogP contribution in [0.4, 0.5) is 17.3 Å². The Morgan fingerprint density at radius 3 is 2.63 bits per heavy atom. The zero-order valence-electron chi connectivity index (χ0n) is 11.2. The molecule has 0 spiro atoms. The van der Waals surface area contributed by atoms with Crippen molar-refractivity contribution in [2.75, 3.05) is 11.1 Å². The van der Waals surface area contributed by atoms with Crippen LogP contribution in [0.1, 0.15) is 22.5 Å². The Kier molecular flexibility index (Phi) is 3.34. The number of rotatable bonds is 2. The predicted octanol–water partition coefficient (Wildman–Crippen LogP) is 2.60. The molecule has 2 rings (SSSR count). The molecule has 0 saturated carbocycles. The van der Waals surface area contributed by atoms with E-state index in [0.29, 0.717) is 23.0 Å². The molecule has 0 atom stereocenters. The SMILES string of the molecule is Cc1nc(N)c(C)c(Nc2cc(C#N)ccc2C)n1. The summed E-state index contributed by atoms with van der Waals surface area (Å²) in [4.78, 5) is 8.45. The average molecular weight is 253 g/mol. The molecule has 0 aliphatic heterocycles. The fourth-order valence-corrected chi connectivity index (χ4v) is 1.73. The molecule has 0 amide bonds. The number of aromatic nitrogens is 2. The lowest BCUT2D eigenvalue weighted by molar-refractivity contribution is 1.04. The van der Waals surface area contributed by atoms with E-state index in [4.69, 9.17) is 11.0 Å².